The SMILES string of the molecule is COc1cccc(C=[NH+]c2ccc(C)cc2)c1O.O.[O-][Cl+3]([O-])([O-])[O-]. The molecule has 2 aromatic carbocycles. The van der Waals surface area contributed by atoms with Gasteiger partial charge < -0.3 is 15.3 Å². The van der Waals surface area contributed by atoms with Crippen LogP contribution in [0.4, 0.5) is 5.69 Å². The molecule has 0 amide bonds. The van der Waals surface area contributed by atoms with E-state index in [1.165, 1.54) is 12.7 Å². The average Bonchev–Trinajstić information content (AvgIpc) is 2.46. The Kier molecular flexibility index (Phi) is 8.93. The first-order valence-corrected chi connectivity index (χ1v) is 7.58. The Balaban J connectivity index is 0.000000777. The first-order valence-electron chi connectivity index (χ1n) is 6.35. The summed E-state index contributed by atoms with van der Waals surface area (Å²) in [5, 5.41) is 9.91. The number of ether oxygens (including phenoxy) is 1. The fraction of sp³-hybridized carbons (Fsp3) is 0.133. The van der Waals surface area contributed by atoms with Gasteiger partial charge in [-0.15, -0.1) is 10.2 Å². The number of rotatable bonds is 3. The molecule has 0 unspecified atom stereocenters. The van der Waals surface area contributed by atoms with E-state index >= 15 is 0 Å². The quantitative estimate of drug-likeness (QED) is 0.529. The van der Waals surface area contributed by atoms with Crippen molar-refractivity contribution in [3.05, 3.63) is 53.6 Å². The van der Waals surface area contributed by atoms with Crippen molar-refractivity contribution >= 4 is 11.9 Å². The Morgan fingerprint density at radius 3 is 2.08 bits per heavy atom. The molecule has 0 fully saturated rings. The second-order valence-electron chi connectivity index (χ2n) is 4.43. The summed E-state index contributed by atoms with van der Waals surface area (Å²) >= 11 is 0. The van der Waals surface area contributed by atoms with Gasteiger partial charge in [0.05, 0.1) is 12.7 Å². The van der Waals surface area contributed by atoms with Crippen molar-refractivity contribution in [2.75, 3.05) is 7.11 Å². The van der Waals surface area contributed by atoms with Crippen LogP contribution in [0.2, 0.25) is 0 Å². The highest BCUT2D eigenvalue weighted by Crippen LogP contribution is 2.27. The molecule has 0 spiro atoms. The highest BCUT2D eigenvalue weighted by Gasteiger charge is 2.07. The van der Waals surface area contributed by atoms with Crippen LogP contribution >= 0.6 is 0 Å². The fourth-order valence-corrected chi connectivity index (χ4v) is 1.63. The van der Waals surface area contributed by atoms with E-state index in [1.807, 2.05) is 43.3 Å². The number of phenols is 1. The zero-order chi connectivity index (χ0) is 17.5. The molecular weight excluding hydrogens is 342 g/mol. The lowest BCUT2D eigenvalue weighted by atomic mass is 10.2. The summed E-state index contributed by atoms with van der Waals surface area (Å²) in [4.78, 5) is 3.14. The summed E-state index contributed by atoms with van der Waals surface area (Å²) in [6.07, 6.45) is 1.75. The second-order valence-corrected chi connectivity index (χ2v) is 5.19. The third-order valence-corrected chi connectivity index (χ3v) is 2.70. The predicted octanol–water partition coefficient (Wildman–Crippen LogP) is -4.04. The summed E-state index contributed by atoms with van der Waals surface area (Å²) in [6.45, 7) is 2.04. The van der Waals surface area contributed by atoms with Crippen LogP contribution in [0.3, 0.4) is 0 Å². The molecule has 0 aliphatic rings. The van der Waals surface area contributed by atoms with Gasteiger partial charge in [-0.1, -0.05) is 23.8 Å². The number of aryl methyl sites for hydroxylation is 1. The molecular formula is C15H18ClNO7. The van der Waals surface area contributed by atoms with Crippen LogP contribution in [0.15, 0.2) is 42.5 Å². The average molecular weight is 360 g/mol. The molecule has 0 radical (unpaired) electrons. The van der Waals surface area contributed by atoms with E-state index in [9.17, 15) is 5.11 Å². The van der Waals surface area contributed by atoms with Crippen molar-refractivity contribution < 1.29 is 49.2 Å². The number of aromatic hydroxyl groups is 1. The molecule has 24 heavy (non-hydrogen) atoms. The Morgan fingerprint density at radius 1 is 1.04 bits per heavy atom. The fourth-order valence-electron chi connectivity index (χ4n) is 1.63. The van der Waals surface area contributed by atoms with E-state index in [0.717, 1.165) is 5.69 Å². The van der Waals surface area contributed by atoms with Crippen molar-refractivity contribution in [2.45, 2.75) is 6.92 Å². The second kappa shape index (κ2) is 9.83. The van der Waals surface area contributed by atoms with Crippen molar-refractivity contribution in [3.63, 3.8) is 0 Å². The van der Waals surface area contributed by atoms with Crippen molar-refractivity contribution in [2.24, 2.45) is 0 Å². The van der Waals surface area contributed by atoms with Gasteiger partial charge in [-0.3, -0.25) is 0 Å². The van der Waals surface area contributed by atoms with E-state index in [2.05, 4.69) is 4.99 Å². The van der Waals surface area contributed by atoms with Crippen molar-refractivity contribution in [1.82, 2.24) is 0 Å². The number of hydrogen-bond donors (Lipinski definition) is 2. The molecule has 0 aromatic heterocycles. The maximum Gasteiger partial charge on any atom is 0.203 e. The van der Waals surface area contributed by atoms with Gasteiger partial charge in [0.25, 0.3) is 0 Å². The third-order valence-electron chi connectivity index (χ3n) is 2.70. The summed E-state index contributed by atoms with van der Waals surface area (Å²) in [6, 6.07) is 13.4. The van der Waals surface area contributed by atoms with Crippen LogP contribution in [-0.4, -0.2) is 23.9 Å². The van der Waals surface area contributed by atoms with Crippen LogP contribution < -0.4 is 28.4 Å². The van der Waals surface area contributed by atoms with Gasteiger partial charge in [0.1, 0.15) is 0 Å². The number of benzene rings is 2. The monoisotopic (exact) mass is 359 g/mol. The summed E-state index contributed by atoms with van der Waals surface area (Å²) in [5.74, 6) is 0.606. The highest BCUT2D eigenvalue weighted by molar-refractivity contribution is 5.81. The molecule has 0 atom stereocenters. The van der Waals surface area contributed by atoms with Gasteiger partial charge in [-0.2, -0.15) is 0 Å². The minimum Gasteiger partial charge on any atom is -0.504 e. The van der Waals surface area contributed by atoms with Gasteiger partial charge in [-0.05, 0) is 19.1 Å². The third kappa shape index (κ3) is 8.44. The van der Waals surface area contributed by atoms with Gasteiger partial charge in [-0.25, -0.2) is 23.6 Å². The lowest BCUT2D eigenvalue weighted by Crippen LogP contribution is -2.68. The normalized spacial score (nSPS) is 10.6. The lowest BCUT2D eigenvalue weighted by Gasteiger charge is -2.17. The van der Waals surface area contributed by atoms with Crippen LogP contribution in [0.5, 0.6) is 11.5 Å². The lowest BCUT2D eigenvalue weighted by molar-refractivity contribution is -2.00. The van der Waals surface area contributed by atoms with Gasteiger partial charge in [0, 0.05) is 12.1 Å². The summed E-state index contributed by atoms with van der Waals surface area (Å²) in [7, 11) is -3.41. The van der Waals surface area contributed by atoms with Crippen molar-refractivity contribution in [3.8, 4) is 11.5 Å². The zero-order valence-electron chi connectivity index (χ0n) is 13.0. The van der Waals surface area contributed by atoms with Gasteiger partial charge in [0.15, 0.2) is 17.7 Å². The number of methoxy groups -OCH3 is 1. The molecule has 4 N–H and O–H groups in total. The molecule has 0 aliphatic carbocycles. The van der Waals surface area contributed by atoms with Gasteiger partial charge >= 0.3 is 0 Å². The predicted molar refractivity (Wildman–Crippen MR) is 75.2 cm³/mol. The molecule has 9 heteroatoms. The maximum atomic E-state index is 9.91. The topological polar surface area (TPSA) is 167 Å². The van der Waals surface area contributed by atoms with E-state index in [1.54, 1.807) is 12.3 Å². The molecule has 0 saturated carbocycles. The minimum absolute atomic E-state index is 0. The number of hydrogen-bond acceptors (Lipinski definition) is 6. The number of halogens is 1. The molecule has 2 rings (SSSR count). The number of para-hydroxylation sites is 1. The Labute approximate surface area is 141 Å². The standard InChI is InChI=1S/C15H15NO2.ClHO4.H2O/c1-11-6-8-13(9-7-11)16-10-12-4-3-5-14(18-2)15(12)17;2-1(3,4)5;/h3-10,17H,1-2H3;(H,2,3,4,5);1H2. The van der Waals surface area contributed by atoms with Crippen LogP contribution in [0, 0.1) is 17.2 Å². The Bertz CT molecular complexity index is 648. The number of phenolic OH excluding ortho intramolecular Hbond substituents is 1. The Hall–Kier alpha value is -2.20. The van der Waals surface area contributed by atoms with Crippen LogP contribution in [0.1, 0.15) is 11.1 Å². The number of nitrogens with one attached hydrogen (secondary N) is 1. The molecule has 0 heterocycles. The molecule has 0 bridgehead atoms. The maximum absolute atomic E-state index is 9.91. The molecule has 132 valence electrons. The van der Waals surface area contributed by atoms with E-state index in [0.29, 0.717) is 11.3 Å². The largest absolute Gasteiger partial charge is 0.504 e. The van der Waals surface area contributed by atoms with E-state index in [4.69, 9.17) is 23.4 Å². The Morgan fingerprint density at radius 2 is 1.58 bits per heavy atom. The van der Waals surface area contributed by atoms with E-state index < -0.39 is 10.2 Å². The molecule has 8 nitrogen and oxygen atoms in total. The first kappa shape index (κ1) is 21.8. The minimum atomic E-state index is -4.94. The van der Waals surface area contributed by atoms with Gasteiger partial charge in [0.2, 0.25) is 5.69 Å². The summed E-state index contributed by atoms with van der Waals surface area (Å²) < 4.78 is 39.0. The molecule has 0 aliphatic heterocycles. The van der Waals surface area contributed by atoms with Crippen LogP contribution in [-0.2, 0) is 0 Å². The highest BCUT2D eigenvalue weighted by atomic mass is 35.7. The zero-order valence-corrected chi connectivity index (χ0v) is 13.7. The van der Waals surface area contributed by atoms with E-state index in [-0.39, 0.29) is 11.2 Å². The van der Waals surface area contributed by atoms with Crippen LogP contribution in [0.25, 0.3) is 0 Å². The smallest absolute Gasteiger partial charge is 0.203 e. The van der Waals surface area contributed by atoms with Crippen molar-refractivity contribution in [1.29, 1.82) is 0 Å². The molecule has 0 saturated heterocycles. The molecule has 2 aromatic rings. The first-order chi connectivity index (χ1) is 10.7. The summed E-state index contributed by atoms with van der Waals surface area (Å²) in [5.41, 5.74) is 2.88.